The largest absolute Gasteiger partial charge is 0.331 e. The van der Waals surface area contributed by atoms with Crippen LogP contribution in [0, 0.1) is 0 Å². The number of piperidine rings is 1. The third-order valence-electron chi connectivity index (χ3n) is 4.06. The lowest BCUT2D eigenvalue weighted by Crippen LogP contribution is -2.61. The van der Waals surface area contributed by atoms with Crippen molar-refractivity contribution in [3.8, 4) is 0 Å². The van der Waals surface area contributed by atoms with Crippen LogP contribution in [-0.2, 0) is 6.54 Å². The van der Waals surface area contributed by atoms with E-state index in [0.717, 1.165) is 19.4 Å². The first-order valence-electron chi connectivity index (χ1n) is 7.72. The van der Waals surface area contributed by atoms with Gasteiger partial charge in [0.15, 0.2) is 0 Å². The number of aromatic nitrogens is 2. The predicted molar refractivity (Wildman–Crippen MR) is 83.8 cm³/mol. The van der Waals surface area contributed by atoms with E-state index in [1.807, 2.05) is 12.5 Å². The first-order valence-corrected chi connectivity index (χ1v) is 7.72. The van der Waals surface area contributed by atoms with Gasteiger partial charge in [0, 0.05) is 35.9 Å². The smallest absolute Gasteiger partial charge is 0.0951 e. The Labute approximate surface area is 123 Å². The molecule has 1 aliphatic heterocycles. The van der Waals surface area contributed by atoms with Crippen LogP contribution in [0.3, 0.4) is 0 Å². The maximum absolute atomic E-state index is 4.27. The third kappa shape index (κ3) is 3.83. The summed E-state index contributed by atoms with van der Waals surface area (Å²) in [4.78, 5) is 4.27. The summed E-state index contributed by atoms with van der Waals surface area (Å²) in [5.74, 6) is 0. The van der Waals surface area contributed by atoms with Gasteiger partial charge in [-0.2, -0.15) is 0 Å². The molecule has 2 heterocycles. The maximum atomic E-state index is 4.27. The van der Waals surface area contributed by atoms with Gasteiger partial charge in [0.25, 0.3) is 0 Å². The van der Waals surface area contributed by atoms with Crippen molar-refractivity contribution in [2.75, 3.05) is 0 Å². The Kier molecular flexibility index (Phi) is 4.26. The zero-order chi connectivity index (χ0) is 15.0. The molecular weight excluding hydrogens is 248 g/mol. The molecule has 0 spiro atoms. The second-order valence-corrected chi connectivity index (χ2v) is 7.76. The molecule has 1 aliphatic rings. The summed E-state index contributed by atoms with van der Waals surface area (Å²) in [6, 6.07) is 1.02. The summed E-state index contributed by atoms with van der Waals surface area (Å²) < 4.78 is 2.24. The van der Waals surface area contributed by atoms with Crippen molar-refractivity contribution in [3.63, 3.8) is 0 Å². The molecule has 0 radical (unpaired) electrons. The van der Waals surface area contributed by atoms with Crippen molar-refractivity contribution < 1.29 is 0 Å². The molecular formula is C16H30N4. The van der Waals surface area contributed by atoms with E-state index in [-0.39, 0.29) is 11.1 Å². The summed E-state index contributed by atoms with van der Waals surface area (Å²) in [7, 11) is 0. The molecule has 20 heavy (non-hydrogen) atoms. The fraction of sp³-hybridized carbons (Fsp3) is 0.812. The molecule has 0 unspecified atom stereocenters. The fourth-order valence-electron chi connectivity index (χ4n) is 3.65. The number of hydrogen-bond donors (Lipinski definition) is 2. The van der Waals surface area contributed by atoms with E-state index in [2.05, 4.69) is 61.7 Å². The topological polar surface area (TPSA) is 41.9 Å². The van der Waals surface area contributed by atoms with Crippen LogP contribution in [-0.4, -0.2) is 26.7 Å². The van der Waals surface area contributed by atoms with Crippen molar-refractivity contribution in [1.82, 2.24) is 20.2 Å². The quantitative estimate of drug-likeness (QED) is 0.890. The van der Waals surface area contributed by atoms with Crippen LogP contribution in [0.15, 0.2) is 12.5 Å². The van der Waals surface area contributed by atoms with Crippen LogP contribution in [0.25, 0.3) is 0 Å². The molecule has 0 saturated carbocycles. The molecule has 4 nitrogen and oxygen atoms in total. The number of nitrogens with zero attached hydrogens (tertiary/aromatic N) is 2. The Bertz CT molecular complexity index is 429. The fourth-order valence-corrected chi connectivity index (χ4v) is 3.65. The van der Waals surface area contributed by atoms with Crippen molar-refractivity contribution >= 4 is 0 Å². The molecule has 1 saturated heterocycles. The Hall–Kier alpha value is -0.870. The Morgan fingerprint density at radius 3 is 2.45 bits per heavy atom. The second-order valence-electron chi connectivity index (χ2n) is 7.76. The van der Waals surface area contributed by atoms with Gasteiger partial charge in [-0.15, -0.1) is 0 Å². The molecule has 1 aromatic rings. The van der Waals surface area contributed by atoms with Crippen molar-refractivity contribution in [2.24, 2.45) is 0 Å². The van der Waals surface area contributed by atoms with Crippen molar-refractivity contribution in [3.05, 3.63) is 18.2 Å². The molecule has 0 amide bonds. The summed E-state index contributed by atoms with van der Waals surface area (Å²) >= 11 is 0. The highest BCUT2D eigenvalue weighted by Gasteiger charge is 2.37. The first kappa shape index (κ1) is 15.5. The molecule has 2 N–H and O–H groups in total. The molecule has 1 aromatic heterocycles. The van der Waals surface area contributed by atoms with Crippen molar-refractivity contribution in [2.45, 2.75) is 84.1 Å². The highest BCUT2D eigenvalue weighted by Crippen LogP contribution is 2.28. The van der Waals surface area contributed by atoms with Gasteiger partial charge in [-0.3, -0.25) is 0 Å². The minimum atomic E-state index is 0.192. The van der Waals surface area contributed by atoms with E-state index in [4.69, 9.17) is 0 Å². The zero-order valence-electron chi connectivity index (χ0n) is 13.8. The highest BCUT2D eigenvalue weighted by atomic mass is 15.1. The van der Waals surface area contributed by atoms with Gasteiger partial charge in [-0.05, 0) is 54.4 Å². The molecule has 114 valence electrons. The number of rotatable bonds is 4. The van der Waals surface area contributed by atoms with Gasteiger partial charge in [-0.25, -0.2) is 4.98 Å². The number of hydrogen-bond acceptors (Lipinski definition) is 3. The standard InChI is InChI=1S/C16H30N4/c1-12(2)20-11-17-9-14(20)10-18-13-7-15(3,4)19-16(5,6)8-13/h9,11-13,18-19H,7-8,10H2,1-6H3. The summed E-state index contributed by atoms with van der Waals surface area (Å²) in [6.45, 7) is 14.5. The van der Waals surface area contributed by atoms with Crippen LogP contribution in [0.4, 0.5) is 0 Å². The molecule has 1 fully saturated rings. The molecule has 0 aromatic carbocycles. The van der Waals surface area contributed by atoms with Crippen LogP contribution in [0.5, 0.6) is 0 Å². The summed E-state index contributed by atoms with van der Waals surface area (Å²) in [5, 5.41) is 7.46. The second kappa shape index (κ2) is 5.49. The van der Waals surface area contributed by atoms with E-state index in [1.165, 1.54) is 5.69 Å². The lowest BCUT2D eigenvalue weighted by atomic mass is 9.79. The lowest BCUT2D eigenvalue weighted by Gasteiger charge is -2.46. The van der Waals surface area contributed by atoms with Gasteiger partial charge in [-0.1, -0.05) is 0 Å². The van der Waals surface area contributed by atoms with Gasteiger partial charge in [0.05, 0.1) is 12.0 Å². The average molecular weight is 278 g/mol. The Balaban J connectivity index is 1.98. The normalized spacial score (nSPS) is 22.4. The van der Waals surface area contributed by atoms with Crippen LogP contribution in [0.1, 0.15) is 66.1 Å². The van der Waals surface area contributed by atoms with E-state index in [0.29, 0.717) is 12.1 Å². The third-order valence-corrected chi connectivity index (χ3v) is 4.06. The van der Waals surface area contributed by atoms with Gasteiger partial charge >= 0.3 is 0 Å². The van der Waals surface area contributed by atoms with E-state index in [1.54, 1.807) is 0 Å². The van der Waals surface area contributed by atoms with Crippen LogP contribution >= 0.6 is 0 Å². The molecule has 0 bridgehead atoms. The van der Waals surface area contributed by atoms with E-state index >= 15 is 0 Å². The minimum absolute atomic E-state index is 0.192. The number of nitrogens with one attached hydrogen (secondary N) is 2. The molecule has 2 rings (SSSR count). The maximum Gasteiger partial charge on any atom is 0.0951 e. The predicted octanol–water partition coefficient (Wildman–Crippen LogP) is 2.86. The summed E-state index contributed by atoms with van der Waals surface area (Å²) in [6.07, 6.45) is 6.22. The van der Waals surface area contributed by atoms with Crippen molar-refractivity contribution in [1.29, 1.82) is 0 Å². The van der Waals surface area contributed by atoms with E-state index in [9.17, 15) is 0 Å². The van der Waals surface area contributed by atoms with Crippen LogP contribution < -0.4 is 10.6 Å². The number of imidazole rings is 1. The monoisotopic (exact) mass is 278 g/mol. The van der Waals surface area contributed by atoms with Gasteiger partial charge < -0.3 is 15.2 Å². The highest BCUT2D eigenvalue weighted by molar-refractivity contribution is 5.03. The zero-order valence-corrected chi connectivity index (χ0v) is 13.8. The SMILES string of the molecule is CC(C)n1cncc1CNC1CC(C)(C)NC(C)(C)C1. The molecule has 0 atom stereocenters. The lowest BCUT2D eigenvalue weighted by molar-refractivity contribution is 0.145. The van der Waals surface area contributed by atoms with Gasteiger partial charge in [0.1, 0.15) is 0 Å². The first-order chi connectivity index (χ1) is 9.19. The minimum Gasteiger partial charge on any atom is -0.331 e. The Morgan fingerprint density at radius 1 is 1.30 bits per heavy atom. The van der Waals surface area contributed by atoms with E-state index < -0.39 is 0 Å². The molecule has 4 heteroatoms. The van der Waals surface area contributed by atoms with Gasteiger partial charge in [0.2, 0.25) is 0 Å². The average Bonchev–Trinajstić information content (AvgIpc) is 2.69. The van der Waals surface area contributed by atoms with Crippen LogP contribution in [0.2, 0.25) is 0 Å². The Morgan fingerprint density at radius 2 is 1.90 bits per heavy atom. The molecule has 0 aliphatic carbocycles. The summed E-state index contributed by atoms with van der Waals surface area (Å²) in [5.41, 5.74) is 1.66.